The van der Waals surface area contributed by atoms with Crippen LogP contribution in [0, 0.1) is 10.1 Å². The highest BCUT2D eigenvalue weighted by Crippen LogP contribution is 2.16. The molecule has 2 amide bonds. The molecule has 31 heavy (non-hydrogen) atoms. The van der Waals surface area contributed by atoms with Gasteiger partial charge in [-0.25, -0.2) is 10.4 Å². The molecule has 0 bridgehead atoms. The van der Waals surface area contributed by atoms with Crippen molar-refractivity contribution >= 4 is 29.5 Å². The van der Waals surface area contributed by atoms with Crippen molar-refractivity contribution in [1.82, 2.24) is 10.4 Å². The van der Waals surface area contributed by atoms with Gasteiger partial charge in [-0.05, 0) is 59.7 Å². The summed E-state index contributed by atoms with van der Waals surface area (Å²) in [5.74, 6) is -0.957. The summed E-state index contributed by atoms with van der Waals surface area (Å²) in [5, 5.41) is 16.8. The summed E-state index contributed by atoms with van der Waals surface area (Å²) < 4.78 is 5.64. The number of hydrazone groups is 1. The Morgan fingerprint density at radius 2 is 1.77 bits per heavy atom. The van der Waals surface area contributed by atoms with E-state index in [0.717, 1.165) is 5.56 Å². The van der Waals surface area contributed by atoms with Crippen molar-refractivity contribution in [3.05, 3.63) is 94.2 Å². The quantitative estimate of drug-likeness (QED) is 0.262. The minimum atomic E-state index is -0.926. The van der Waals surface area contributed by atoms with Crippen LogP contribution in [0.5, 0.6) is 5.75 Å². The predicted molar refractivity (Wildman–Crippen MR) is 112 cm³/mol. The molecule has 1 aromatic heterocycles. The molecule has 0 unspecified atom stereocenters. The molecule has 0 fully saturated rings. The predicted octanol–water partition coefficient (Wildman–Crippen LogP) is 2.66. The number of carbonyl (C=O) groups excluding carboxylic acids is 2. The van der Waals surface area contributed by atoms with Crippen LogP contribution in [0.15, 0.2) is 78.0 Å². The van der Waals surface area contributed by atoms with E-state index < -0.39 is 16.7 Å². The number of hydrogen-bond donors (Lipinski definition) is 2. The number of ether oxygens (including phenoxy) is 1. The number of anilines is 1. The highest BCUT2D eigenvalue weighted by atomic mass is 16.6. The van der Waals surface area contributed by atoms with E-state index in [4.69, 9.17) is 4.74 Å². The van der Waals surface area contributed by atoms with Gasteiger partial charge >= 0.3 is 11.8 Å². The maximum atomic E-state index is 11.8. The number of pyridine rings is 1. The number of aromatic nitrogens is 1. The molecule has 0 spiro atoms. The largest absolute Gasteiger partial charge is 0.489 e. The summed E-state index contributed by atoms with van der Waals surface area (Å²) in [4.78, 5) is 37.6. The Bertz CT molecular complexity index is 1080. The van der Waals surface area contributed by atoms with Crippen molar-refractivity contribution in [2.24, 2.45) is 5.10 Å². The van der Waals surface area contributed by atoms with E-state index in [1.807, 2.05) is 0 Å². The number of carbonyl (C=O) groups is 2. The zero-order valence-corrected chi connectivity index (χ0v) is 16.1. The normalized spacial score (nSPS) is 10.5. The van der Waals surface area contributed by atoms with E-state index >= 15 is 0 Å². The van der Waals surface area contributed by atoms with Gasteiger partial charge in [-0.3, -0.25) is 19.7 Å². The first-order valence-electron chi connectivity index (χ1n) is 9.03. The van der Waals surface area contributed by atoms with Crippen LogP contribution in [0.2, 0.25) is 0 Å². The first-order valence-corrected chi connectivity index (χ1v) is 9.03. The molecule has 0 atom stereocenters. The van der Waals surface area contributed by atoms with Crippen LogP contribution in [0.1, 0.15) is 11.1 Å². The third kappa shape index (κ3) is 6.46. The average molecular weight is 419 g/mol. The third-order valence-corrected chi connectivity index (χ3v) is 3.93. The molecule has 3 aromatic rings. The zero-order valence-electron chi connectivity index (χ0n) is 16.1. The lowest BCUT2D eigenvalue weighted by atomic mass is 10.2. The molecular weight excluding hydrogens is 402 g/mol. The van der Waals surface area contributed by atoms with E-state index in [2.05, 4.69) is 20.8 Å². The van der Waals surface area contributed by atoms with Gasteiger partial charge in [0.05, 0.1) is 11.1 Å². The van der Waals surface area contributed by atoms with Gasteiger partial charge in [-0.1, -0.05) is 6.07 Å². The summed E-state index contributed by atoms with van der Waals surface area (Å²) in [6.07, 6.45) is 2.87. The van der Waals surface area contributed by atoms with Crippen LogP contribution in [-0.2, 0) is 16.2 Å². The number of nitrogens with one attached hydrogen (secondary N) is 2. The van der Waals surface area contributed by atoms with Crippen LogP contribution in [0.3, 0.4) is 0 Å². The van der Waals surface area contributed by atoms with Crippen molar-refractivity contribution in [3.63, 3.8) is 0 Å². The van der Waals surface area contributed by atoms with Crippen LogP contribution in [-0.4, -0.2) is 27.9 Å². The molecule has 0 aliphatic carbocycles. The molecule has 0 aliphatic heterocycles. The van der Waals surface area contributed by atoms with Crippen LogP contribution >= 0.6 is 0 Å². The fraction of sp³-hybridized carbons (Fsp3) is 0.0476. The molecule has 0 saturated heterocycles. The molecule has 10 heteroatoms. The Kier molecular flexibility index (Phi) is 6.99. The molecule has 3 rings (SSSR count). The van der Waals surface area contributed by atoms with Gasteiger partial charge in [0, 0.05) is 18.3 Å². The standard InChI is InChI=1S/C21H17N5O5/c27-20(24-19-3-1-2-12-22-19)21(28)25-23-13-15-6-10-18(11-7-15)31-14-16-4-8-17(9-5-16)26(29)30/h1-13H,14H2,(H,25,28)(H,22,24,27). The maximum Gasteiger partial charge on any atom is 0.329 e. The minimum absolute atomic E-state index is 0.0219. The highest BCUT2D eigenvalue weighted by molar-refractivity contribution is 6.39. The van der Waals surface area contributed by atoms with E-state index in [1.54, 1.807) is 54.6 Å². The Morgan fingerprint density at radius 3 is 2.42 bits per heavy atom. The van der Waals surface area contributed by atoms with Crippen molar-refractivity contribution < 1.29 is 19.2 Å². The summed E-state index contributed by atoms with van der Waals surface area (Å²) >= 11 is 0. The van der Waals surface area contributed by atoms with Crippen molar-refractivity contribution in [3.8, 4) is 5.75 Å². The zero-order chi connectivity index (χ0) is 22.1. The molecule has 10 nitrogen and oxygen atoms in total. The molecule has 0 saturated carbocycles. The Balaban J connectivity index is 1.46. The number of non-ortho nitro benzene ring substituents is 1. The van der Waals surface area contributed by atoms with Gasteiger partial charge < -0.3 is 10.1 Å². The third-order valence-electron chi connectivity index (χ3n) is 3.93. The van der Waals surface area contributed by atoms with Gasteiger partial charge in [0.2, 0.25) is 0 Å². The Labute approximate surface area is 176 Å². The first kappa shape index (κ1) is 21.1. The average Bonchev–Trinajstić information content (AvgIpc) is 2.79. The maximum absolute atomic E-state index is 11.8. The van der Waals surface area contributed by atoms with Gasteiger partial charge in [0.15, 0.2) is 0 Å². The molecule has 1 heterocycles. The number of nitro groups is 1. The Hall–Kier alpha value is -4.60. The van der Waals surface area contributed by atoms with Crippen LogP contribution in [0.4, 0.5) is 11.5 Å². The lowest BCUT2D eigenvalue weighted by molar-refractivity contribution is -0.384. The molecular formula is C21H17N5O5. The smallest absolute Gasteiger partial charge is 0.329 e. The topological polar surface area (TPSA) is 136 Å². The monoisotopic (exact) mass is 419 g/mol. The fourth-order valence-electron chi connectivity index (χ4n) is 2.36. The van der Waals surface area contributed by atoms with Gasteiger partial charge in [-0.2, -0.15) is 5.10 Å². The molecule has 0 aliphatic rings. The van der Waals surface area contributed by atoms with Crippen molar-refractivity contribution in [2.75, 3.05) is 5.32 Å². The summed E-state index contributed by atoms with van der Waals surface area (Å²) in [5.41, 5.74) is 3.63. The summed E-state index contributed by atoms with van der Waals surface area (Å²) in [6, 6.07) is 17.9. The van der Waals surface area contributed by atoms with E-state index in [-0.39, 0.29) is 18.1 Å². The van der Waals surface area contributed by atoms with Crippen LogP contribution < -0.4 is 15.5 Å². The number of amides is 2. The minimum Gasteiger partial charge on any atom is -0.489 e. The second-order valence-corrected chi connectivity index (χ2v) is 6.15. The van der Waals surface area contributed by atoms with Crippen molar-refractivity contribution in [1.29, 1.82) is 0 Å². The van der Waals surface area contributed by atoms with Crippen LogP contribution in [0.25, 0.3) is 0 Å². The molecule has 0 radical (unpaired) electrons. The van der Waals surface area contributed by atoms with Gasteiger partial charge in [0.25, 0.3) is 5.69 Å². The number of hydrogen-bond acceptors (Lipinski definition) is 7. The van der Waals surface area contributed by atoms with Crippen molar-refractivity contribution in [2.45, 2.75) is 6.61 Å². The lowest BCUT2D eigenvalue weighted by Crippen LogP contribution is -2.32. The molecule has 156 valence electrons. The number of rotatable bonds is 7. The number of benzene rings is 2. The molecule has 2 N–H and O–H groups in total. The number of nitrogens with zero attached hydrogens (tertiary/aromatic N) is 3. The fourth-order valence-corrected chi connectivity index (χ4v) is 2.36. The summed E-state index contributed by atoms with van der Waals surface area (Å²) in [7, 11) is 0. The Morgan fingerprint density at radius 1 is 1.03 bits per heavy atom. The first-order chi connectivity index (χ1) is 15.0. The SMILES string of the molecule is O=C(NN=Cc1ccc(OCc2ccc([N+](=O)[O-])cc2)cc1)C(=O)Nc1ccccn1. The lowest BCUT2D eigenvalue weighted by Gasteiger charge is -2.06. The van der Waals surface area contributed by atoms with Gasteiger partial charge in [-0.15, -0.1) is 0 Å². The second-order valence-electron chi connectivity index (χ2n) is 6.15. The molecule has 2 aromatic carbocycles. The number of nitro benzene ring substituents is 1. The van der Waals surface area contributed by atoms with Gasteiger partial charge in [0.1, 0.15) is 18.2 Å². The van der Waals surface area contributed by atoms with E-state index in [9.17, 15) is 19.7 Å². The van der Waals surface area contributed by atoms with E-state index in [0.29, 0.717) is 11.3 Å². The second kappa shape index (κ2) is 10.3. The summed E-state index contributed by atoms with van der Waals surface area (Å²) in [6.45, 7) is 0.257. The highest BCUT2D eigenvalue weighted by Gasteiger charge is 2.13. The van der Waals surface area contributed by atoms with E-state index in [1.165, 1.54) is 24.5 Å².